The summed E-state index contributed by atoms with van der Waals surface area (Å²) in [6, 6.07) is 0. The first kappa shape index (κ1) is 19.4. The number of nitrogens with one attached hydrogen (secondary N) is 1. The zero-order valence-electron chi connectivity index (χ0n) is 15.0. The molecular formula is C17H24N2O5S. The van der Waals surface area contributed by atoms with Gasteiger partial charge in [-0.05, 0) is 44.3 Å². The lowest BCUT2D eigenvalue weighted by molar-refractivity contribution is -0.117. The minimum absolute atomic E-state index is 0.202. The average molecular weight is 368 g/mol. The Bertz CT molecular complexity index is 662. The van der Waals surface area contributed by atoms with Crippen molar-refractivity contribution in [2.75, 3.05) is 39.2 Å². The molecule has 1 N–H and O–H groups in total. The number of carbonyl (C=O) groups is 3. The second-order valence-corrected chi connectivity index (χ2v) is 7.27. The molecule has 0 bridgehead atoms. The van der Waals surface area contributed by atoms with Crippen LogP contribution in [-0.4, -0.2) is 56.6 Å². The van der Waals surface area contributed by atoms with Crippen LogP contribution in [0.5, 0.6) is 0 Å². The number of likely N-dealkylation sites (tertiary alicyclic amines) is 1. The molecule has 0 spiro atoms. The van der Waals surface area contributed by atoms with E-state index in [0.717, 1.165) is 37.3 Å². The summed E-state index contributed by atoms with van der Waals surface area (Å²) in [6.45, 7) is 5.88. The van der Waals surface area contributed by atoms with Crippen LogP contribution in [-0.2, 0) is 14.3 Å². The highest BCUT2D eigenvalue weighted by Crippen LogP contribution is 2.34. The summed E-state index contributed by atoms with van der Waals surface area (Å²) in [5.74, 6) is -0.658. The van der Waals surface area contributed by atoms with Gasteiger partial charge in [0.1, 0.15) is 9.88 Å². The van der Waals surface area contributed by atoms with Crippen LogP contribution in [0, 0.1) is 12.8 Å². The second kappa shape index (κ2) is 8.44. The van der Waals surface area contributed by atoms with Gasteiger partial charge in [0, 0.05) is 0 Å². The molecule has 0 unspecified atom stereocenters. The van der Waals surface area contributed by atoms with Gasteiger partial charge in [-0.15, -0.1) is 11.3 Å². The second-order valence-electron chi connectivity index (χ2n) is 6.25. The number of hydrogen-bond donors (Lipinski definition) is 1. The molecule has 2 rings (SSSR count). The first-order valence-corrected chi connectivity index (χ1v) is 9.01. The average Bonchev–Trinajstić information content (AvgIpc) is 2.91. The van der Waals surface area contributed by atoms with E-state index >= 15 is 0 Å². The maximum absolute atomic E-state index is 12.4. The lowest BCUT2D eigenvalue weighted by atomic mass is 9.99. The molecule has 1 aliphatic heterocycles. The molecule has 1 saturated heterocycles. The molecule has 1 aromatic rings. The summed E-state index contributed by atoms with van der Waals surface area (Å²) in [6.07, 6.45) is 2.15. The summed E-state index contributed by atoms with van der Waals surface area (Å²) in [5.41, 5.74) is 0.652. The number of amides is 1. The van der Waals surface area contributed by atoms with Crippen molar-refractivity contribution in [3.8, 4) is 0 Å². The Balaban J connectivity index is 2.15. The molecule has 25 heavy (non-hydrogen) atoms. The third kappa shape index (κ3) is 4.58. The molecule has 1 amide bonds. The van der Waals surface area contributed by atoms with E-state index in [1.165, 1.54) is 14.2 Å². The van der Waals surface area contributed by atoms with E-state index in [1.54, 1.807) is 6.92 Å². The van der Waals surface area contributed by atoms with Crippen molar-refractivity contribution in [3.05, 3.63) is 16.0 Å². The van der Waals surface area contributed by atoms with Gasteiger partial charge in [0.25, 0.3) is 0 Å². The van der Waals surface area contributed by atoms with E-state index in [0.29, 0.717) is 16.5 Å². The molecule has 1 fully saturated rings. The molecule has 7 nitrogen and oxygen atoms in total. The highest BCUT2D eigenvalue weighted by molar-refractivity contribution is 7.18. The topological polar surface area (TPSA) is 84.9 Å². The first-order valence-electron chi connectivity index (χ1n) is 8.19. The molecule has 1 aliphatic rings. The molecule has 1 aromatic heterocycles. The first-order chi connectivity index (χ1) is 11.9. The Morgan fingerprint density at radius 2 is 1.76 bits per heavy atom. The van der Waals surface area contributed by atoms with Crippen LogP contribution in [0.4, 0.5) is 5.00 Å². The van der Waals surface area contributed by atoms with Crippen molar-refractivity contribution < 1.29 is 23.9 Å². The maximum atomic E-state index is 12.4. The van der Waals surface area contributed by atoms with E-state index in [9.17, 15) is 14.4 Å². The fourth-order valence-corrected chi connectivity index (χ4v) is 3.96. The standard InChI is InChI=1S/C17H24N2O5S/c1-10-5-7-19(8-6-10)9-12(20)18-15-13(16(21)23-3)11(2)14(25-15)17(22)24-4/h10H,5-9H2,1-4H3,(H,18,20). The Hall–Kier alpha value is -1.93. The number of piperidine rings is 1. The minimum atomic E-state index is -0.592. The number of thiophene rings is 1. The predicted molar refractivity (Wildman–Crippen MR) is 95.2 cm³/mol. The summed E-state index contributed by atoms with van der Waals surface area (Å²) in [7, 11) is 2.53. The molecular weight excluding hydrogens is 344 g/mol. The lowest BCUT2D eigenvalue weighted by Crippen LogP contribution is -2.38. The molecule has 0 aromatic carbocycles. The molecule has 0 aliphatic carbocycles. The fourth-order valence-electron chi connectivity index (χ4n) is 2.83. The highest BCUT2D eigenvalue weighted by atomic mass is 32.1. The maximum Gasteiger partial charge on any atom is 0.348 e. The van der Waals surface area contributed by atoms with E-state index in [2.05, 4.69) is 17.1 Å². The van der Waals surface area contributed by atoms with Gasteiger partial charge in [-0.2, -0.15) is 0 Å². The van der Waals surface area contributed by atoms with Crippen LogP contribution in [0.25, 0.3) is 0 Å². The van der Waals surface area contributed by atoms with Crippen molar-refractivity contribution in [3.63, 3.8) is 0 Å². The monoisotopic (exact) mass is 368 g/mol. The van der Waals surface area contributed by atoms with Crippen LogP contribution in [0.15, 0.2) is 0 Å². The van der Waals surface area contributed by atoms with Crippen molar-refractivity contribution in [2.24, 2.45) is 5.92 Å². The number of ether oxygens (including phenoxy) is 2. The third-order valence-corrected chi connectivity index (χ3v) is 5.59. The van der Waals surface area contributed by atoms with Crippen molar-refractivity contribution in [2.45, 2.75) is 26.7 Å². The Morgan fingerprint density at radius 3 is 2.32 bits per heavy atom. The summed E-state index contributed by atoms with van der Waals surface area (Å²) >= 11 is 1.03. The summed E-state index contributed by atoms with van der Waals surface area (Å²) in [5, 5.41) is 3.07. The van der Waals surface area contributed by atoms with E-state index in [4.69, 9.17) is 9.47 Å². The largest absolute Gasteiger partial charge is 0.465 e. The van der Waals surface area contributed by atoms with Gasteiger partial charge in [0.05, 0.1) is 26.3 Å². The number of rotatable bonds is 5. The van der Waals surface area contributed by atoms with Crippen LogP contribution < -0.4 is 5.32 Å². The SMILES string of the molecule is COC(=O)c1sc(NC(=O)CN2CCC(C)CC2)c(C(=O)OC)c1C. The molecule has 2 heterocycles. The third-order valence-electron chi connectivity index (χ3n) is 4.40. The van der Waals surface area contributed by atoms with Gasteiger partial charge in [-0.25, -0.2) is 9.59 Å². The number of methoxy groups -OCH3 is 2. The Morgan fingerprint density at radius 1 is 1.16 bits per heavy atom. The number of nitrogens with zero attached hydrogens (tertiary/aromatic N) is 1. The fraction of sp³-hybridized carbons (Fsp3) is 0.588. The molecule has 0 radical (unpaired) electrons. The smallest absolute Gasteiger partial charge is 0.348 e. The van der Waals surface area contributed by atoms with Crippen LogP contribution in [0.3, 0.4) is 0 Å². The highest BCUT2D eigenvalue weighted by Gasteiger charge is 2.27. The summed E-state index contributed by atoms with van der Waals surface area (Å²) in [4.78, 5) is 38.7. The molecule has 8 heteroatoms. The van der Waals surface area contributed by atoms with Crippen LogP contribution in [0.2, 0.25) is 0 Å². The van der Waals surface area contributed by atoms with Crippen molar-refractivity contribution >= 4 is 34.2 Å². The van der Waals surface area contributed by atoms with Crippen molar-refractivity contribution in [1.82, 2.24) is 4.90 Å². The molecule has 138 valence electrons. The van der Waals surface area contributed by atoms with Gasteiger partial charge in [-0.3, -0.25) is 9.69 Å². The number of carbonyl (C=O) groups excluding carboxylic acids is 3. The summed E-state index contributed by atoms with van der Waals surface area (Å²) < 4.78 is 9.52. The zero-order valence-corrected chi connectivity index (χ0v) is 15.8. The molecule has 0 atom stereocenters. The Labute approximate surface area is 151 Å². The van der Waals surface area contributed by atoms with Gasteiger partial charge >= 0.3 is 11.9 Å². The van der Waals surface area contributed by atoms with Gasteiger partial charge in [0.15, 0.2) is 0 Å². The van der Waals surface area contributed by atoms with Crippen LogP contribution >= 0.6 is 11.3 Å². The Kier molecular flexibility index (Phi) is 6.55. The quantitative estimate of drug-likeness (QED) is 0.803. The van der Waals surface area contributed by atoms with Crippen molar-refractivity contribution in [1.29, 1.82) is 0 Å². The number of esters is 2. The zero-order chi connectivity index (χ0) is 18.6. The lowest BCUT2D eigenvalue weighted by Gasteiger charge is -2.29. The number of anilines is 1. The van der Waals surface area contributed by atoms with Gasteiger partial charge in [0.2, 0.25) is 5.91 Å². The van der Waals surface area contributed by atoms with E-state index in [-0.39, 0.29) is 22.9 Å². The predicted octanol–water partition coefficient (Wildman–Crippen LogP) is 2.30. The van der Waals surface area contributed by atoms with E-state index in [1.807, 2.05) is 0 Å². The van der Waals surface area contributed by atoms with Gasteiger partial charge in [-0.1, -0.05) is 6.92 Å². The molecule has 0 saturated carbocycles. The van der Waals surface area contributed by atoms with Crippen LogP contribution in [0.1, 0.15) is 45.4 Å². The van der Waals surface area contributed by atoms with Gasteiger partial charge < -0.3 is 14.8 Å². The minimum Gasteiger partial charge on any atom is -0.465 e. The van der Waals surface area contributed by atoms with E-state index < -0.39 is 11.9 Å². The normalized spacial score (nSPS) is 15.7. The number of hydrogen-bond acceptors (Lipinski definition) is 7.